The van der Waals surface area contributed by atoms with E-state index < -0.39 is 17.4 Å². The van der Waals surface area contributed by atoms with Crippen molar-refractivity contribution in [3.05, 3.63) is 42.4 Å². The SMILES string of the molecule is COCc1noc(Cn2c(=O)n(C3CCN(C(=O)OC(C)(C)C)CC3)c(=O)c3sc(Br)cc32)n1. The van der Waals surface area contributed by atoms with E-state index >= 15 is 0 Å². The third-order valence-corrected chi connectivity index (χ3v) is 7.00. The van der Waals surface area contributed by atoms with Gasteiger partial charge in [0, 0.05) is 26.2 Å². The van der Waals surface area contributed by atoms with Crippen molar-refractivity contribution in [3.8, 4) is 0 Å². The lowest BCUT2D eigenvalue weighted by atomic mass is 10.1. The minimum Gasteiger partial charge on any atom is -0.444 e. The van der Waals surface area contributed by atoms with Crippen LogP contribution in [0, 0.1) is 0 Å². The zero-order valence-corrected chi connectivity index (χ0v) is 21.8. The van der Waals surface area contributed by atoms with E-state index in [1.165, 1.54) is 27.6 Å². The molecule has 0 saturated carbocycles. The van der Waals surface area contributed by atoms with Crippen LogP contribution in [0.2, 0.25) is 0 Å². The zero-order chi connectivity index (χ0) is 24.6. The Hall–Kier alpha value is -2.51. The lowest BCUT2D eigenvalue weighted by molar-refractivity contribution is 0.0186. The van der Waals surface area contributed by atoms with E-state index in [4.69, 9.17) is 14.0 Å². The molecule has 4 heterocycles. The zero-order valence-electron chi connectivity index (χ0n) is 19.4. The standard InChI is InChI=1S/C21H26BrN5O6S/c1-21(2,3)32-20(30)25-7-5-12(6-8-25)27-18(28)17-13(9-14(22)34-17)26(19(27)29)10-16-23-15(11-31-4)24-33-16/h9,12H,5-8,10-11H2,1-4H3. The number of amides is 1. The predicted octanol–water partition coefficient (Wildman–Crippen LogP) is 3.14. The number of carbonyl (C=O) groups excluding carboxylic acids is 1. The highest BCUT2D eigenvalue weighted by Crippen LogP contribution is 2.28. The highest BCUT2D eigenvalue weighted by atomic mass is 79.9. The molecular weight excluding hydrogens is 530 g/mol. The molecule has 11 nitrogen and oxygen atoms in total. The van der Waals surface area contributed by atoms with Crippen LogP contribution in [0.3, 0.4) is 0 Å². The van der Waals surface area contributed by atoms with Crippen LogP contribution in [-0.2, 0) is 22.6 Å². The average molecular weight is 556 g/mol. The molecule has 3 aromatic rings. The molecule has 1 fully saturated rings. The summed E-state index contributed by atoms with van der Waals surface area (Å²) in [5.74, 6) is 0.610. The average Bonchev–Trinajstić information content (AvgIpc) is 3.37. The normalized spacial score (nSPS) is 15.3. The number of hydrogen-bond acceptors (Lipinski definition) is 9. The van der Waals surface area contributed by atoms with Crippen LogP contribution in [0.1, 0.15) is 51.4 Å². The fraction of sp³-hybridized carbons (Fsp3) is 0.571. The molecule has 1 aliphatic rings. The number of halogens is 1. The van der Waals surface area contributed by atoms with Crippen molar-refractivity contribution in [2.24, 2.45) is 0 Å². The molecule has 34 heavy (non-hydrogen) atoms. The van der Waals surface area contributed by atoms with Gasteiger partial charge in [0.05, 0.1) is 9.30 Å². The minimum absolute atomic E-state index is 0.0201. The van der Waals surface area contributed by atoms with Gasteiger partial charge in [0.25, 0.3) is 5.56 Å². The lowest BCUT2D eigenvalue weighted by Crippen LogP contribution is -2.47. The van der Waals surface area contributed by atoms with Gasteiger partial charge in [-0.25, -0.2) is 9.59 Å². The molecular formula is C21H26BrN5O6S. The number of piperidine rings is 1. The van der Waals surface area contributed by atoms with Crippen LogP contribution >= 0.6 is 27.3 Å². The minimum atomic E-state index is -0.589. The van der Waals surface area contributed by atoms with Gasteiger partial charge in [-0.1, -0.05) is 5.16 Å². The summed E-state index contributed by atoms with van der Waals surface area (Å²) in [6.45, 7) is 6.43. The van der Waals surface area contributed by atoms with E-state index in [-0.39, 0.29) is 30.6 Å². The van der Waals surface area contributed by atoms with Gasteiger partial charge in [0.1, 0.15) is 23.5 Å². The molecule has 0 bridgehead atoms. The number of thiophene rings is 1. The Bertz CT molecular complexity index is 1310. The third-order valence-electron chi connectivity index (χ3n) is 5.38. The Balaban J connectivity index is 1.65. The fourth-order valence-electron chi connectivity index (χ4n) is 3.92. The molecule has 0 aromatic carbocycles. The molecule has 0 N–H and O–H groups in total. The summed E-state index contributed by atoms with van der Waals surface area (Å²) in [4.78, 5) is 45.1. The number of nitrogens with zero attached hydrogens (tertiary/aromatic N) is 5. The molecule has 1 amide bonds. The molecule has 3 aromatic heterocycles. The van der Waals surface area contributed by atoms with Gasteiger partial charge < -0.3 is 18.9 Å². The van der Waals surface area contributed by atoms with Crippen LogP contribution in [0.25, 0.3) is 10.2 Å². The molecule has 1 saturated heterocycles. The smallest absolute Gasteiger partial charge is 0.410 e. The van der Waals surface area contributed by atoms with E-state index in [0.717, 1.165) is 3.79 Å². The maximum Gasteiger partial charge on any atom is 0.410 e. The van der Waals surface area contributed by atoms with Gasteiger partial charge in [-0.15, -0.1) is 11.3 Å². The van der Waals surface area contributed by atoms with Crippen molar-refractivity contribution in [1.82, 2.24) is 24.2 Å². The van der Waals surface area contributed by atoms with Crippen molar-refractivity contribution >= 4 is 43.6 Å². The Morgan fingerprint density at radius 1 is 1.29 bits per heavy atom. The van der Waals surface area contributed by atoms with Gasteiger partial charge in [0.15, 0.2) is 5.82 Å². The molecule has 0 unspecified atom stereocenters. The maximum absolute atomic E-state index is 13.5. The van der Waals surface area contributed by atoms with Crippen molar-refractivity contribution in [1.29, 1.82) is 0 Å². The van der Waals surface area contributed by atoms with Gasteiger partial charge in [-0.3, -0.25) is 13.9 Å². The highest BCUT2D eigenvalue weighted by Gasteiger charge is 2.30. The van der Waals surface area contributed by atoms with E-state index in [1.54, 1.807) is 11.0 Å². The summed E-state index contributed by atoms with van der Waals surface area (Å²) in [5, 5.41) is 3.85. The number of fused-ring (bicyclic) bond motifs is 1. The summed E-state index contributed by atoms with van der Waals surface area (Å²) >= 11 is 4.69. The Morgan fingerprint density at radius 2 is 2.00 bits per heavy atom. The molecule has 13 heteroatoms. The number of methoxy groups -OCH3 is 1. The summed E-state index contributed by atoms with van der Waals surface area (Å²) < 4.78 is 19.7. The van der Waals surface area contributed by atoms with Crippen LogP contribution in [-0.4, -0.2) is 56.1 Å². The van der Waals surface area contributed by atoms with Gasteiger partial charge in [-0.2, -0.15) is 4.98 Å². The van der Waals surface area contributed by atoms with Crippen LogP contribution in [0.5, 0.6) is 0 Å². The number of aromatic nitrogens is 4. The second kappa shape index (κ2) is 9.62. The fourth-order valence-corrected chi connectivity index (χ4v) is 5.45. The lowest BCUT2D eigenvalue weighted by Gasteiger charge is -2.33. The molecule has 0 radical (unpaired) electrons. The third kappa shape index (κ3) is 5.10. The Kier molecular flexibility index (Phi) is 6.97. The van der Waals surface area contributed by atoms with Crippen LogP contribution < -0.4 is 11.2 Å². The maximum atomic E-state index is 13.5. The van der Waals surface area contributed by atoms with E-state index in [2.05, 4.69) is 26.1 Å². The summed E-state index contributed by atoms with van der Waals surface area (Å²) in [6, 6.07) is 1.40. The van der Waals surface area contributed by atoms with E-state index in [9.17, 15) is 14.4 Å². The quantitative estimate of drug-likeness (QED) is 0.470. The second-order valence-electron chi connectivity index (χ2n) is 9.04. The van der Waals surface area contributed by atoms with Crippen molar-refractivity contribution in [2.45, 2.75) is 58.4 Å². The van der Waals surface area contributed by atoms with Crippen molar-refractivity contribution < 1.29 is 18.8 Å². The first kappa shape index (κ1) is 24.6. The summed E-state index contributed by atoms with van der Waals surface area (Å²) in [7, 11) is 1.52. The molecule has 4 rings (SSSR count). The first-order valence-electron chi connectivity index (χ1n) is 10.8. The Labute approximate surface area is 207 Å². The van der Waals surface area contributed by atoms with Gasteiger partial charge >= 0.3 is 11.8 Å². The molecule has 0 aliphatic carbocycles. The highest BCUT2D eigenvalue weighted by molar-refractivity contribution is 9.11. The summed E-state index contributed by atoms with van der Waals surface area (Å²) in [5.41, 5.74) is -0.882. The van der Waals surface area contributed by atoms with Crippen molar-refractivity contribution in [3.63, 3.8) is 0 Å². The molecule has 0 atom stereocenters. The van der Waals surface area contributed by atoms with E-state index in [1.807, 2.05) is 20.8 Å². The van der Waals surface area contributed by atoms with Crippen LogP contribution in [0.15, 0.2) is 24.0 Å². The Morgan fingerprint density at radius 3 is 2.65 bits per heavy atom. The van der Waals surface area contributed by atoms with Crippen LogP contribution in [0.4, 0.5) is 4.79 Å². The first-order chi connectivity index (χ1) is 16.1. The van der Waals surface area contributed by atoms with Gasteiger partial charge in [0.2, 0.25) is 5.89 Å². The topological polar surface area (TPSA) is 122 Å². The van der Waals surface area contributed by atoms with Gasteiger partial charge in [-0.05, 0) is 55.6 Å². The summed E-state index contributed by atoms with van der Waals surface area (Å²) in [6.07, 6.45) is 0.535. The molecule has 184 valence electrons. The molecule has 1 aliphatic heterocycles. The largest absolute Gasteiger partial charge is 0.444 e. The van der Waals surface area contributed by atoms with Crippen molar-refractivity contribution in [2.75, 3.05) is 20.2 Å². The number of hydrogen-bond donors (Lipinski definition) is 0. The number of ether oxygens (including phenoxy) is 2. The first-order valence-corrected chi connectivity index (χ1v) is 12.4. The predicted molar refractivity (Wildman–Crippen MR) is 128 cm³/mol. The van der Waals surface area contributed by atoms with E-state index in [0.29, 0.717) is 42.0 Å². The molecule has 0 spiro atoms. The number of rotatable bonds is 5. The monoisotopic (exact) mass is 555 g/mol. The number of carbonyl (C=O) groups is 1. The number of likely N-dealkylation sites (tertiary alicyclic amines) is 1. The second-order valence-corrected chi connectivity index (χ2v) is 11.5.